The molecule has 1 saturated heterocycles. The van der Waals surface area contributed by atoms with E-state index in [0.717, 1.165) is 38.9 Å². The molecule has 0 radical (unpaired) electrons. The average Bonchev–Trinajstić information content (AvgIpc) is 2.91. The van der Waals surface area contributed by atoms with Crippen molar-refractivity contribution in [1.29, 1.82) is 5.26 Å². The number of aromatic nitrogens is 2. The molecule has 0 atom stereocenters. The third-order valence-electron chi connectivity index (χ3n) is 3.60. The van der Waals surface area contributed by atoms with Crippen LogP contribution < -0.4 is 0 Å². The van der Waals surface area contributed by atoms with Crippen LogP contribution in [0.3, 0.4) is 0 Å². The molecule has 1 aliphatic heterocycles. The van der Waals surface area contributed by atoms with E-state index in [2.05, 4.69) is 15.8 Å². The van der Waals surface area contributed by atoms with Crippen molar-refractivity contribution >= 4 is 0 Å². The summed E-state index contributed by atoms with van der Waals surface area (Å²) in [6.45, 7) is 1.64. The smallest absolute Gasteiger partial charge is 0.165 e. The van der Waals surface area contributed by atoms with Gasteiger partial charge in [-0.25, -0.2) is 0 Å². The van der Waals surface area contributed by atoms with Gasteiger partial charge in [0, 0.05) is 24.5 Å². The van der Waals surface area contributed by atoms with Gasteiger partial charge < -0.3 is 4.74 Å². The third kappa shape index (κ3) is 1.43. The molecule has 1 fully saturated rings. The molecule has 2 aliphatic rings. The van der Waals surface area contributed by atoms with Crippen molar-refractivity contribution in [3.8, 4) is 6.07 Å². The molecule has 0 bridgehead atoms. The monoisotopic (exact) mass is 217 g/mol. The average molecular weight is 217 g/mol. The molecule has 0 aromatic carbocycles. The van der Waals surface area contributed by atoms with Gasteiger partial charge in [0.1, 0.15) is 6.07 Å². The van der Waals surface area contributed by atoms with Crippen molar-refractivity contribution in [2.75, 3.05) is 13.2 Å². The molecular weight excluding hydrogens is 202 g/mol. The lowest BCUT2D eigenvalue weighted by Crippen LogP contribution is -2.22. The van der Waals surface area contributed by atoms with Crippen molar-refractivity contribution < 1.29 is 4.74 Å². The van der Waals surface area contributed by atoms with Gasteiger partial charge in [-0.3, -0.25) is 4.68 Å². The fraction of sp³-hybridized carbons (Fsp3) is 0.667. The zero-order valence-corrected chi connectivity index (χ0v) is 9.28. The molecule has 1 aromatic heterocycles. The first-order chi connectivity index (χ1) is 7.90. The maximum absolute atomic E-state index is 9.06. The predicted molar refractivity (Wildman–Crippen MR) is 58.1 cm³/mol. The summed E-state index contributed by atoms with van der Waals surface area (Å²) in [5.74, 6) is 0. The van der Waals surface area contributed by atoms with E-state index in [0.29, 0.717) is 11.7 Å². The van der Waals surface area contributed by atoms with Gasteiger partial charge in [0.15, 0.2) is 5.69 Å². The van der Waals surface area contributed by atoms with Crippen molar-refractivity contribution in [1.82, 2.24) is 9.78 Å². The molecule has 4 nitrogen and oxygen atoms in total. The fourth-order valence-electron chi connectivity index (χ4n) is 2.79. The summed E-state index contributed by atoms with van der Waals surface area (Å²) in [5.41, 5.74) is 3.16. The van der Waals surface area contributed by atoms with Crippen molar-refractivity contribution in [3.63, 3.8) is 0 Å². The minimum absolute atomic E-state index is 0.447. The van der Waals surface area contributed by atoms with Crippen LogP contribution >= 0.6 is 0 Å². The van der Waals surface area contributed by atoms with Crippen LogP contribution in [0.15, 0.2) is 0 Å². The molecule has 84 valence electrons. The molecule has 4 heteroatoms. The Kier molecular flexibility index (Phi) is 2.41. The van der Waals surface area contributed by atoms with Crippen LogP contribution in [0.1, 0.15) is 42.3 Å². The molecule has 1 aliphatic carbocycles. The molecule has 0 amide bonds. The van der Waals surface area contributed by atoms with Crippen LogP contribution in [-0.4, -0.2) is 23.0 Å². The summed E-state index contributed by atoms with van der Waals surface area (Å²) in [6.07, 6.45) is 5.34. The number of fused-ring (bicyclic) bond motifs is 1. The second-order valence-electron chi connectivity index (χ2n) is 4.53. The predicted octanol–water partition coefficient (Wildman–Crippen LogP) is 1.59. The molecule has 1 aromatic rings. The zero-order valence-electron chi connectivity index (χ0n) is 9.28. The number of rotatable bonds is 1. The number of hydrogen-bond donors (Lipinski definition) is 0. The van der Waals surface area contributed by atoms with E-state index in [1.165, 1.54) is 17.7 Å². The summed E-state index contributed by atoms with van der Waals surface area (Å²) >= 11 is 0. The molecule has 0 saturated carbocycles. The molecule has 2 heterocycles. The Morgan fingerprint density at radius 2 is 2.12 bits per heavy atom. The molecule has 0 spiro atoms. The van der Waals surface area contributed by atoms with Gasteiger partial charge in [0.05, 0.1) is 6.04 Å². The van der Waals surface area contributed by atoms with E-state index in [1.54, 1.807) is 0 Å². The Balaban J connectivity index is 1.98. The fourth-order valence-corrected chi connectivity index (χ4v) is 2.79. The van der Waals surface area contributed by atoms with E-state index in [4.69, 9.17) is 10.00 Å². The van der Waals surface area contributed by atoms with E-state index in [9.17, 15) is 0 Å². The summed E-state index contributed by atoms with van der Waals surface area (Å²) in [7, 11) is 0. The maximum Gasteiger partial charge on any atom is 0.165 e. The second-order valence-corrected chi connectivity index (χ2v) is 4.53. The number of nitrogens with zero attached hydrogens (tertiary/aromatic N) is 3. The Bertz CT molecular complexity index is 438. The summed E-state index contributed by atoms with van der Waals surface area (Å²) in [6, 6.07) is 2.67. The third-order valence-corrected chi connectivity index (χ3v) is 3.60. The molecule has 3 rings (SSSR count). The minimum atomic E-state index is 0.447. The van der Waals surface area contributed by atoms with Crippen LogP contribution in [0.2, 0.25) is 0 Å². The van der Waals surface area contributed by atoms with E-state index in [-0.39, 0.29) is 0 Å². The van der Waals surface area contributed by atoms with Crippen LogP contribution in [0.25, 0.3) is 0 Å². The van der Waals surface area contributed by atoms with Crippen molar-refractivity contribution in [3.05, 3.63) is 17.0 Å². The van der Waals surface area contributed by atoms with Crippen LogP contribution in [0.5, 0.6) is 0 Å². The highest BCUT2D eigenvalue weighted by molar-refractivity contribution is 5.38. The molecule has 0 unspecified atom stereocenters. The van der Waals surface area contributed by atoms with Gasteiger partial charge >= 0.3 is 0 Å². The number of hydrogen-bond acceptors (Lipinski definition) is 3. The quantitative estimate of drug-likeness (QED) is 0.717. The Morgan fingerprint density at radius 1 is 1.31 bits per heavy atom. The van der Waals surface area contributed by atoms with Gasteiger partial charge in [-0.15, -0.1) is 0 Å². The molecule has 0 N–H and O–H groups in total. The standard InChI is InChI=1S/C12H15N3O/c13-8-11-10-2-1-3-12(10)15(14-11)9-4-6-16-7-5-9/h9H,1-7H2. The molecular formula is C12H15N3O. The van der Waals surface area contributed by atoms with Crippen molar-refractivity contribution in [2.24, 2.45) is 0 Å². The summed E-state index contributed by atoms with van der Waals surface area (Å²) in [5, 5.41) is 13.5. The highest BCUT2D eigenvalue weighted by atomic mass is 16.5. The van der Waals surface area contributed by atoms with Gasteiger partial charge in [0.25, 0.3) is 0 Å². The van der Waals surface area contributed by atoms with Gasteiger partial charge in [-0.05, 0) is 32.1 Å². The van der Waals surface area contributed by atoms with Gasteiger partial charge in [-0.1, -0.05) is 0 Å². The highest BCUT2D eigenvalue weighted by Gasteiger charge is 2.27. The SMILES string of the molecule is N#Cc1nn(C2CCOCC2)c2c1CCC2. The summed E-state index contributed by atoms with van der Waals surface area (Å²) < 4.78 is 7.48. The zero-order chi connectivity index (χ0) is 11.0. The number of nitriles is 1. The minimum Gasteiger partial charge on any atom is -0.381 e. The van der Waals surface area contributed by atoms with E-state index < -0.39 is 0 Å². The van der Waals surface area contributed by atoms with E-state index in [1.807, 2.05) is 0 Å². The first kappa shape index (κ1) is 9.86. The largest absolute Gasteiger partial charge is 0.381 e. The number of ether oxygens (including phenoxy) is 1. The van der Waals surface area contributed by atoms with Crippen LogP contribution in [0.4, 0.5) is 0 Å². The van der Waals surface area contributed by atoms with Crippen LogP contribution in [0, 0.1) is 11.3 Å². The Hall–Kier alpha value is -1.34. The maximum atomic E-state index is 9.06. The van der Waals surface area contributed by atoms with E-state index >= 15 is 0 Å². The lowest BCUT2D eigenvalue weighted by atomic mass is 10.1. The molecule has 16 heavy (non-hydrogen) atoms. The lowest BCUT2D eigenvalue weighted by molar-refractivity contribution is 0.0654. The van der Waals surface area contributed by atoms with Crippen LogP contribution in [-0.2, 0) is 17.6 Å². The first-order valence-corrected chi connectivity index (χ1v) is 5.98. The van der Waals surface area contributed by atoms with Gasteiger partial charge in [0.2, 0.25) is 0 Å². The second kappa shape index (κ2) is 3.91. The van der Waals surface area contributed by atoms with Gasteiger partial charge in [-0.2, -0.15) is 10.4 Å². The summed E-state index contributed by atoms with van der Waals surface area (Å²) in [4.78, 5) is 0. The topological polar surface area (TPSA) is 50.8 Å². The lowest BCUT2D eigenvalue weighted by Gasteiger charge is -2.23. The highest BCUT2D eigenvalue weighted by Crippen LogP contribution is 2.30. The Labute approximate surface area is 94.8 Å². The van der Waals surface area contributed by atoms with Crippen molar-refractivity contribution in [2.45, 2.75) is 38.1 Å². The Morgan fingerprint density at radius 3 is 2.88 bits per heavy atom. The first-order valence-electron chi connectivity index (χ1n) is 5.98. The normalized spacial score (nSPS) is 20.7.